The van der Waals surface area contributed by atoms with Gasteiger partial charge in [-0.05, 0) is 48.4 Å². The van der Waals surface area contributed by atoms with E-state index in [1.165, 1.54) is 25.5 Å². The molecule has 6 heteroatoms. The number of carbonyl (C=O) groups is 1. The van der Waals surface area contributed by atoms with Gasteiger partial charge in [-0.3, -0.25) is 10.2 Å². The largest absolute Gasteiger partial charge is 0.504 e. The van der Waals surface area contributed by atoms with Crippen LogP contribution in [0.4, 0.5) is 5.69 Å². The second-order valence-corrected chi connectivity index (χ2v) is 5.68. The van der Waals surface area contributed by atoms with Crippen molar-refractivity contribution in [3.63, 3.8) is 0 Å². The molecule has 0 aliphatic rings. The highest BCUT2D eigenvalue weighted by Crippen LogP contribution is 2.21. The van der Waals surface area contributed by atoms with Crippen molar-refractivity contribution in [1.29, 1.82) is 5.41 Å². The zero-order chi connectivity index (χ0) is 19.8. The minimum Gasteiger partial charge on any atom is -0.504 e. The number of hydrogen-bond acceptors (Lipinski definition) is 4. The molecular formula is C21H21N3O3. The summed E-state index contributed by atoms with van der Waals surface area (Å²) in [6, 6.07) is 12.3. The summed E-state index contributed by atoms with van der Waals surface area (Å²) in [7, 11) is 1.52. The molecule has 0 saturated heterocycles. The number of aliphatic hydroxyl groups is 1. The Hall–Kier alpha value is -3.67. The van der Waals surface area contributed by atoms with Gasteiger partial charge in [-0.1, -0.05) is 30.9 Å². The first kappa shape index (κ1) is 19.7. The Morgan fingerprint density at radius 3 is 2.78 bits per heavy atom. The first-order valence-corrected chi connectivity index (χ1v) is 8.15. The van der Waals surface area contributed by atoms with Crippen molar-refractivity contribution in [3.8, 4) is 5.75 Å². The number of ether oxygens (including phenoxy) is 1. The fourth-order valence-corrected chi connectivity index (χ4v) is 2.28. The summed E-state index contributed by atoms with van der Waals surface area (Å²) in [5, 5.41) is 20.0. The van der Waals surface area contributed by atoms with Gasteiger partial charge in [0.15, 0.2) is 11.6 Å². The van der Waals surface area contributed by atoms with Crippen molar-refractivity contribution in [1.82, 2.24) is 0 Å². The lowest BCUT2D eigenvalue weighted by atomic mass is 10.1. The van der Waals surface area contributed by atoms with Crippen molar-refractivity contribution < 1.29 is 14.6 Å². The molecule has 2 rings (SSSR count). The molecule has 0 atom stereocenters. The van der Waals surface area contributed by atoms with Crippen molar-refractivity contribution in [2.24, 2.45) is 4.99 Å². The number of carbonyl (C=O) groups excluding carboxylic acids is 1. The van der Waals surface area contributed by atoms with Crippen LogP contribution in [0.3, 0.4) is 0 Å². The molecule has 0 saturated carbocycles. The molecule has 0 aliphatic carbocycles. The summed E-state index contributed by atoms with van der Waals surface area (Å²) >= 11 is 0. The molecule has 0 unspecified atom stereocenters. The van der Waals surface area contributed by atoms with Crippen molar-refractivity contribution >= 4 is 23.6 Å². The van der Waals surface area contributed by atoms with E-state index in [9.17, 15) is 9.90 Å². The number of nitrogens with zero attached hydrogens (tertiary/aromatic N) is 1. The van der Waals surface area contributed by atoms with Gasteiger partial charge in [0, 0.05) is 11.9 Å². The summed E-state index contributed by atoms with van der Waals surface area (Å²) in [5.74, 6) is -0.353. The lowest BCUT2D eigenvalue weighted by molar-refractivity contribution is 0.102. The third-order valence-corrected chi connectivity index (χ3v) is 3.61. The molecule has 2 aromatic rings. The number of amides is 1. The van der Waals surface area contributed by atoms with Gasteiger partial charge in [0.1, 0.15) is 5.75 Å². The van der Waals surface area contributed by atoms with Crippen LogP contribution in [0.15, 0.2) is 71.9 Å². The number of aryl methyl sites for hydroxylation is 1. The van der Waals surface area contributed by atoms with Gasteiger partial charge < -0.3 is 15.2 Å². The Morgan fingerprint density at radius 1 is 1.30 bits per heavy atom. The molecule has 0 aliphatic heterocycles. The van der Waals surface area contributed by atoms with E-state index in [2.05, 4.69) is 16.9 Å². The van der Waals surface area contributed by atoms with E-state index >= 15 is 0 Å². The highest BCUT2D eigenvalue weighted by molar-refractivity contribution is 6.07. The molecular weight excluding hydrogens is 342 g/mol. The van der Waals surface area contributed by atoms with Crippen LogP contribution in [0.2, 0.25) is 0 Å². The highest BCUT2D eigenvalue weighted by Gasteiger charge is 2.12. The molecule has 3 N–H and O–H groups in total. The first-order chi connectivity index (χ1) is 12.9. The Balaban J connectivity index is 2.16. The zero-order valence-corrected chi connectivity index (χ0v) is 15.2. The SMILES string of the molecule is C=C/C=C(/O)C(=N)N=Cc1cccc(NC(=O)c2ccc(C)cc2OC)c1. The van der Waals surface area contributed by atoms with Crippen LogP contribution >= 0.6 is 0 Å². The Labute approximate surface area is 158 Å². The molecule has 2 aromatic carbocycles. The van der Waals surface area contributed by atoms with Crippen LogP contribution < -0.4 is 10.1 Å². The van der Waals surface area contributed by atoms with Gasteiger partial charge in [0.2, 0.25) is 0 Å². The van der Waals surface area contributed by atoms with Crippen LogP contribution in [0.1, 0.15) is 21.5 Å². The number of allylic oxidation sites excluding steroid dienone is 2. The van der Waals surface area contributed by atoms with E-state index in [1.54, 1.807) is 36.4 Å². The number of hydrogen-bond donors (Lipinski definition) is 3. The zero-order valence-electron chi connectivity index (χ0n) is 15.2. The topological polar surface area (TPSA) is 94.8 Å². The minimum absolute atomic E-state index is 0.280. The maximum absolute atomic E-state index is 12.5. The number of aliphatic hydroxyl groups excluding tert-OH is 1. The molecule has 0 fully saturated rings. The monoisotopic (exact) mass is 363 g/mol. The molecule has 0 spiro atoms. The van der Waals surface area contributed by atoms with Gasteiger partial charge in [-0.15, -0.1) is 0 Å². The Bertz CT molecular complexity index is 930. The number of nitrogens with one attached hydrogen (secondary N) is 2. The third kappa shape index (κ3) is 5.40. The van der Waals surface area contributed by atoms with Crippen LogP contribution in [0, 0.1) is 12.3 Å². The summed E-state index contributed by atoms with van der Waals surface area (Å²) in [6.45, 7) is 5.37. The van der Waals surface area contributed by atoms with Crippen molar-refractivity contribution in [2.75, 3.05) is 12.4 Å². The normalized spacial score (nSPS) is 11.3. The van der Waals surface area contributed by atoms with E-state index in [0.717, 1.165) is 5.56 Å². The van der Waals surface area contributed by atoms with E-state index < -0.39 is 0 Å². The maximum atomic E-state index is 12.5. The number of anilines is 1. The fraction of sp³-hybridized carbons (Fsp3) is 0.0952. The van der Waals surface area contributed by atoms with Gasteiger partial charge >= 0.3 is 0 Å². The Kier molecular flexibility index (Phi) is 6.66. The second-order valence-electron chi connectivity index (χ2n) is 5.68. The lowest BCUT2D eigenvalue weighted by Crippen LogP contribution is -2.13. The van der Waals surface area contributed by atoms with Gasteiger partial charge in [0.05, 0.1) is 12.7 Å². The number of benzene rings is 2. The van der Waals surface area contributed by atoms with Crippen molar-refractivity contribution in [3.05, 3.63) is 83.6 Å². The van der Waals surface area contributed by atoms with E-state index in [-0.39, 0.29) is 17.5 Å². The number of rotatable bonds is 6. The molecule has 138 valence electrons. The van der Waals surface area contributed by atoms with Crippen LogP contribution in [-0.2, 0) is 0 Å². The van der Waals surface area contributed by atoms with Crippen LogP contribution in [-0.4, -0.2) is 30.2 Å². The van der Waals surface area contributed by atoms with Crippen LogP contribution in [0.5, 0.6) is 5.75 Å². The Morgan fingerprint density at radius 2 is 2.07 bits per heavy atom. The second kappa shape index (κ2) is 9.15. The smallest absolute Gasteiger partial charge is 0.259 e. The number of aliphatic imine (C=N–C) groups is 1. The predicted octanol–water partition coefficient (Wildman–Crippen LogP) is 4.28. The van der Waals surface area contributed by atoms with Crippen LogP contribution in [0.25, 0.3) is 0 Å². The van der Waals surface area contributed by atoms with E-state index in [4.69, 9.17) is 10.1 Å². The molecule has 1 amide bonds. The maximum Gasteiger partial charge on any atom is 0.259 e. The van der Waals surface area contributed by atoms with E-state index in [0.29, 0.717) is 22.6 Å². The minimum atomic E-state index is -0.291. The average molecular weight is 363 g/mol. The predicted molar refractivity (Wildman–Crippen MR) is 108 cm³/mol. The lowest BCUT2D eigenvalue weighted by Gasteiger charge is -2.10. The van der Waals surface area contributed by atoms with Gasteiger partial charge in [0.25, 0.3) is 5.91 Å². The fourth-order valence-electron chi connectivity index (χ4n) is 2.28. The summed E-state index contributed by atoms with van der Waals surface area (Å²) in [6.07, 6.45) is 4.08. The van der Waals surface area contributed by atoms with E-state index in [1.807, 2.05) is 13.0 Å². The molecule has 0 bridgehead atoms. The molecule has 6 nitrogen and oxygen atoms in total. The van der Waals surface area contributed by atoms with Gasteiger partial charge in [-0.25, -0.2) is 4.99 Å². The quantitative estimate of drug-likeness (QED) is 0.309. The molecule has 0 heterocycles. The number of amidine groups is 1. The standard InChI is InChI=1S/C21H21N3O3/c1-4-6-18(25)20(22)23-13-15-7-5-8-16(12-15)24-21(26)17-10-9-14(2)11-19(17)27-3/h4-13,22,25H,1H2,2-3H3,(H,24,26)/b18-6+,22-20?,23-13?. The first-order valence-electron chi connectivity index (χ1n) is 8.15. The highest BCUT2D eigenvalue weighted by atomic mass is 16.5. The summed E-state index contributed by atoms with van der Waals surface area (Å²) in [5.41, 5.74) is 2.67. The third-order valence-electron chi connectivity index (χ3n) is 3.61. The average Bonchev–Trinajstić information content (AvgIpc) is 2.66. The molecule has 0 aromatic heterocycles. The van der Waals surface area contributed by atoms with Gasteiger partial charge in [-0.2, -0.15) is 0 Å². The molecule has 27 heavy (non-hydrogen) atoms. The molecule has 0 radical (unpaired) electrons. The summed E-state index contributed by atoms with van der Waals surface area (Å²) < 4.78 is 5.27. The van der Waals surface area contributed by atoms with Crippen molar-refractivity contribution in [2.45, 2.75) is 6.92 Å². The summed E-state index contributed by atoms with van der Waals surface area (Å²) in [4.78, 5) is 16.4. The number of methoxy groups -OCH3 is 1.